The van der Waals surface area contributed by atoms with E-state index in [0.717, 1.165) is 11.4 Å². The molecule has 0 N–H and O–H groups in total. The molecule has 0 amide bonds. The van der Waals surface area contributed by atoms with E-state index in [2.05, 4.69) is 252 Å². The van der Waals surface area contributed by atoms with Crippen molar-refractivity contribution in [2.75, 3.05) is 9.80 Å². The van der Waals surface area contributed by atoms with Crippen LogP contribution in [0.1, 0.15) is 0 Å². The van der Waals surface area contributed by atoms with E-state index in [0.29, 0.717) is 0 Å². The molecule has 4 heteroatoms. The fraction of sp³-hybridized carbons (Fsp3) is 0. The molecule has 0 atom stereocenters. The Labute approximate surface area is 435 Å². The molecular formula is C70H40N2S2. The molecule has 15 aromatic rings. The van der Waals surface area contributed by atoms with Crippen molar-refractivity contribution in [3.63, 3.8) is 0 Å². The van der Waals surface area contributed by atoms with Gasteiger partial charge in [0, 0.05) is 31.0 Å². The Kier molecular flexibility index (Phi) is 8.46. The van der Waals surface area contributed by atoms with Crippen LogP contribution in [-0.2, 0) is 0 Å². The zero-order chi connectivity index (χ0) is 48.2. The van der Waals surface area contributed by atoms with E-state index < -0.39 is 0 Å². The quantitative estimate of drug-likeness (QED) is 0.128. The number of fused-ring (bicyclic) bond motifs is 6. The van der Waals surface area contributed by atoms with Crippen LogP contribution < -0.4 is 9.80 Å². The van der Waals surface area contributed by atoms with Crippen molar-refractivity contribution in [3.05, 3.63) is 243 Å². The lowest BCUT2D eigenvalue weighted by Gasteiger charge is -2.34. The Hall–Kier alpha value is -8.80. The highest BCUT2D eigenvalue weighted by atomic mass is 32.2. The van der Waals surface area contributed by atoms with Crippen LogP contribution in [0.15, 0.2) is 262 Å². The van der Waals surface area contributed by atoms with Crippen molar-refractivity contribution in [3.8, 4) is 22.3 Å². The Morgan fingerprint density at radius 1 is 0.230 bits per heavy atom. The molecule has 2 nitrogen and oxygen atoms in total. The summed E-state index contributed by atoms with van der Waals surface area (Å²) in [6.45, 7) is 0. The molecule has 0 aromatic heterocycles. The predicted molar refractivity (Wildman–Crippen MR) is 317 cm³/mol. The third-order valence-corrected chi connectivity index (χ3v) is 18.3. The minimum absolute atomic E-state index is 1.13. The number of para-hydroxylation sites is 4. The van der Waals surface area contributed by atoms with Gasteiger partial charge in [-0.05, 0) is 181 Å². The molecule has 2 heterocycles. The van der Waals surface area contributed by atoms with Crippen LogP contribution in [0.4, 0.5) is 34.1 Å². The summed E-state index contributed by atoms with van der Waals surface area (Å²) in [4.78, 5) is 9.97. The fourth-order valence-electron chi connectivity index (χ4n) is 12.9. The average Bonchev–Trinajstić information content (AvgIpc) is 3.46. The van der Waals surface area contributed by atoms with Gasteiger partial charge >= 0.3 is 0 Å². The van der Waals surface area contributed by atoms with Gasteiger partial charge in [-0.1, -0.05) is 193 Å². The highest BCUT2D eigenvalue weighted by Gasteiger charge is 2.29. The van der Waals surface area contributed by atoms with Gasteiger partial charge in [0.1, 0.15) is 0 Å². The van der Waals surface area contributed by atoms with E-state index in [1.807, 2.05) is 23.5 Å². The standard InChI is InChI=1S/C70H40N2S2/c1-5-19-61-57(15-1)71(58-16-2-6-20-62(58)73-61)47-31-37-53-55(39-47)69(51-35-29-45-25-23-41-11-9-13-43-27-33-49(51)67(45)65(41)43)54-38-32-48(72-59-17-3-7-21-63(59)74-64-22-8-4-18-60(64)72)40-56(54)70(53)52-36-30-46-26-24-42-12-10-14-44-28-34-50(52)68(46)66(42)44/h1-40H. The molecule has 0 bridgehead atoms. The number of anilines is 6. The second kappa shape index (κ2) is 15.4. The molecule has 15 aromatic carbocycles. The number of rotatable bonds is 4. The SMILES string of the molecule is c1ccc2c(c1)Sc1ccccc1N2c1ccc2c(-c3ccc4ccc5cccc6ccc3c4c56)c3cc(N4c5ccccc5Sc5ccccc54)ccc3c(-c3ccc4ccc5cccc6ccc3c4c56)c2c1. The highest BCUT2D eigenvalue weighted by molar-refractivity contribution is 8.00. The molecule has 0 saturated carbocycles. The molecule has 17 rings (SSSR count). The number of benzene rings is 15. The maximum absolute atomic E-state index is 2.51. The van der Waals surface area contributed by atoms with Gasteiger partial charge in [-0.2, -0.15) is 0 Å². The molecule has 342 valence electrons. The smallest absolute Gasteiger partial charge is 0.0601 e. The van der Waals surface area contributed by atoms with Crippen LogP contribution >= 0.6 is 23.5 Å². The summed E-state index contributed by atoms with van der Waals surface area (Å²) in [5, 5.41) is 20.3. The van der Waals surface area contributed by atoms with Crippen molar-refractivity contribution in [2.24, 2.45) is 0 Å². The summed E-state index contributed by atoms with van der Waals surface area (Å²) < 4.78 is 0. The molecule has 0 unspecified atom stereocenters. The van der Waals surface area contributed by atoms with Gasteiger partial charge in [0.05, 0.1) is 22.7 Å². The lowest BCUT2D eigenvalue weighted by molar-refractivity contribution is 1.17. The van der Waals surface area contributed by atoms with Crippen molar-refractivity contribution >= 4 is 144 Å². The van der Waals surface area contributed by atoms with Crippen LogP contribution in [0.2, 0.25) is 0 Å². The van der Waals surface area contributed by atoms with E-state index >= 15 is 0 Å². The molecule has 0 aliphatic carbocycles. The van der Waals surface area contributed by atoms with Crippen molar-refractivity contribution in [1.82, 2.24) is 0 Å². The predicted octanol–water partition coefficient (Wildman–Crippen LogP) is 21.0. The number of nitrogens with zero attached hydrogens (tertiary/aromatic N) is 2. The fourth-order valence-corrected chi connectivity index (χ4v) is 15.1. The Balaban J connectivity index is 1.05. The van der Waals surface area contributed by atoms with Crippen LogP contribution in [0.5, 0.6) is 0 Å². The molecule has 2 aliphatic rings. The van der Waals surface area contributed by atoms with Crippen LogP contribution in [0.25, 0.3) is 108 Å². The van der Waals surface area contributed by atoms with Gasteiger partial charge in [0.25, 0.3) is 0 Å². The van der Waals surface area contributed by atoms with Gasteiger partial charge in [-0.3, -0.25) is 0 Å². The summed E-state index contributed by atoms with van der Waals surface area (Å²) in [5.74, 6) is 0. The molecule has 0 spiro atoms. The monoisotopic (exact) mass is 972 g/mol. The van der Waals surface area contributed by atoms with E-state index in [-0.39, 0.29) is 0 Å². The van der Waals surface area contributed by atoms with Crippen LogP contribution in [0, 0.1) is 0 Å². The van der Waals surface area contributed by atoms with Gasteiger partial charge in [0.2, 0.25) is 0 Å². The van der Waals surface area contributed by atoms with Gasteiger partial charge in [-0.15, -0.1) is 0 Å². The highest BCUT2D eigenvalue weighted by Crippen LogP contribution is 2.57. The number of hydrogen-bond acceptors (Lipinski definition) is 4. The van der Waals surface area contributed by atoms with Crippen LogP contribution in [-0.4, -0.2) is 0 Å². The zero-order valence-electron chi connectivity index (χ0n) is 39.8. The second-order valence-corrected chi connectivity index (χ2v) is 22.1. The third kappa shape index (κ3) is 5.70. The first-order valence-corrected chi connectivity index (χ1v) is 27.0. The molecule has 0 fully saturated rings. The lowest BCUT2D eigenvalue weighted by atomic mass is 9.81. The Morgan fingerprint density at radius 3 is 0.919 bits per heavy atom. The zero-order valence-corrected chi connectivity index (χ0v) is 41.4. The molecule has 74 heavy (non-hydrogen) atoms. The van der Waals surface area contributed by atoms with E-state index in [4.69, 9.17) is 0 Å². The van der Waals surface area contributed by atoms with Gasteiger partial charge in [-0.25, -0.2) is 0 Å². The molecular weight excluding hydrogens is 933 g/mol. The maximum Gasteiger partial charge on any atom is 0.0601 e. The van der Waals surface area contributed by atoms with Gasteiger partial charge in [0.15, 0.2) is 0 Å². The summed E-state index contributed by atoms with van der Waals surface area (Å²) in [5.41, 5.74) is 12.0. The molecule has 2 aliphatic heterocycles. The topological polar surface area (TPSA) is 6.48 Å². The minimum atomic E-state index is 1.13. The average molecular weight is 973 g/mol. The summed E-state index contributed by atoms with van der Waals surface area (Å²) >= 11 is 3.70. The Bertz CT molecular complexity index is 4450. The van der Waals surface area contributed by atoms with Crippen molar-refractivity contribution in [1.29, 1.82) is 0 Å². The summed E-state index contributed by atoms with van der Waals surface area (Å²) in [6, 6.07) is 91.7. The van der Waals surface area contributed by atoms with E-state index in [1.54, 1.807) is 0 Å². The minimum Gasteiger partial charge on any atom is -0.308 e. The molecule has 0 saturated heterocycles. The van der Waals surface area contributed by atoms with Crippen LogP contribution in [0.3, 0.4) is 0 Å². The first-order chi connectivity index (χ1) is 36.7. The maximum atomic E-state index is 2.51. The third-order valence-electron chi connectivity index (χ3n) is 16.1. The van der Waals surface area contributed by atoms with Crippen molar-refractivity contribution < 1.29 is 0 Å². The van der Waals surface area contributed by atoms with E-state index in [9.17, 15) is 0 Å². The second-order valence-electron chi connectivity index (χ2n) is 19.9. The first-order valence-electron chi connectivity index (χ1n) is 25.4. The normalized spacial score (nSPS) is 13.2. The molecule has 0 radical (unpaired) electrons. The lowest BCUT2D eigenvalue weighted by Crippen LogP contribution is -2.15. The summed E-state index contributed by atoms with van der Waals surface area (Å²) in [7, 11) is 0. The van der Waals surface area contributed by atoms with Gasteiger partial charge < -0.3 is 9.80 Å². The summed E-state index contributed by atoms with van der Waals surface area (Å²) in [6.07, 6.45) is 0. The Morgan fingerprint density at radius 2 is 0.541 bits per heavy atom. The number of hydrogen-bond donors (Lipinski definition) is 0. The van der Waals surface area contributed by atoms with E-state index in [1.165, 1.54) is 151 Å². The largest absolute Gasteiger partial charge is 0.308 e. The van der Waals surface area contributed by atoms with Crippen molar-refractivity contribution in [2.45, 2.75) is 19.6 Å². The first kappa shape index (κ1) is 40.8.